The quantitative estimate of drug-likeness (QED) is 0.888. The van der Waals surface area contributed by atoms with Crippen LogP contribution in [-0.4, -0.2) is 18.2 Å². The molecule has 110 valence electrons. The van der Waals surface area contributed by atoms with Crippen LogP contribution in [0.25, 0.3) is 0 Å². The van der Waals surface area contributed by atoms with Crippen LogP contribution < -0.4 is 9.47 Å². The molecule has 21 heavy (non-hydrogen) atoms. The molecule has 0 saturated heterocycles. The molecule has 0 aromatic heterocycles. The molecule has 2 aromatic rings. The monoisotopic (exact) mass is 290 g/mol. The number of methoxy groups -OCH3 is 1. The smallest absolute Gasteiger partial charge is 0.307 e. The first-order valence-electron chi connectivity index (χ1n) is 6.35. The Hall–Kier alpha value is -2.56. The number of hydrogen-bond donors (Lipinski definition) is 1. The first kappa shape index (κ1) is 14.8. The van der Waals surface area contributed by atoms with Gasteiger partial charge in [-0.1, -0.05) is 24.3 Å². The minimum atomic E-state index is -0.929. The van der Waals surface area contributed by atoms with E-state index in [1.54, 1.807) is 30.3 Å². The van der Waals surface area contributed by atoms with Crippen LogP contribution in [0.4, 0.5) is 4.39 Å². The number of benzene rings is 2. The van der Waals surface area contributed by atoms with Gasteiger partial charge in [0.05, 0.1) is 13.5 Å². The van der Waals surface area contributed by atoms with Crippen molar-refractivity contribution in [1.29, 1.82) is 0 Å². The van der Waals surface area contributed by atoms with Crippen LogP contribution in [0.5, 0.6) is 11.5 Å². The molecule has 0 bridgehead atoms. The molecule has 2 rings (SSSR count). The molecular weight excluding hydrogens is 275 g/mol. The number of aliphatic carboxylic acids is 1. The van der Waals surface area contributed by atoms with Gasteiger partial charge in [-0.25, -0.2) is 4.39 Å². The summed E-state index contributed by atoms with van der Waals surface area (Å²) in [5.41, 5.74) is 1.22. The van der Waals surface area contributed by atoms with E-state index in [9.17, 15) is 9.18 Å². The summed E-state index contributed by atoms with van der Waals surface area (Å²) in [5.74, 6) is -0.736. The molecule has 0 radical (unpaired) electrons. The highest BCUT2D eigenvalue weighted by Gasteiger charge is 2.08. The number of carboxylic acid groups (broad SMARTS) is 1. The summed E-state index contributed by atoms with van der Waals surface area (Å²) in [6, 6.07) is 11.4. The zero-order valence-corrected chi connectivity index (χ0v) is 11.5. The number of halogens is 1. The Balaban J connectivity index is 2.09. The lowest BCUT2D eigenvalue weighted by atomic mass is 10.1. The highest BCUT2D eigenvalue weighted by Crippen LogP contribution is 2.22. The predicted octanol–water partition coefficient (Wildman–Crippen LogP) is 3.04. The Morgan fingerprint density at radius 2 is 1.95 bits per heavy atom. The van der Waals surface area contributed by atoms with Gasteiger partial charge in [-0.15, -0.1) is 0 Å². The van der Waals surface area contributed by atoms with E-state index >= 15 is 0 Å². The average Bonchev–Trinajstić information content (AvgIpc) is 2.46. The summed E-state index contributed by atoms with van der Waals surface area (Å²) in [6.45, 7) is 0.150. The molecule has 0 saturated carbocycles. The molecule has 4 nitrogen and oxygen atoms in total. The normalized spacial score (nSPS) is 10.2. The summed E-state index contributed by atoms with van der Waals surface area (Å²) in [6.07, 6.45) is -0.118. The fourth-order valence-electron chi connectivity index (χ4n) is 1.91. The Kier molecular flexibility index (Phi) is 4.77. The first-order chi connectivity index (χ1) is 10.1. The lowest BCUT2D eigenvalue weighted by Gasteiger charge is -2.11. The number of ether oxygens (including phenoxy) is 2. The third-order valence-corrected chi connectivity index (χ3v) is 2.92. The topological polar surface area (TPSA) is 55.8 Å². The second-order valence-corrected chi connectivity index (χ2v) is 4.44. The van der Waals surface area contributed by atoms with Crippen LogP contribution in [0.2, 0.25) is 0 Å². The van der Waals surface area contributed by atoms with Gasteiger partial charge in [-0.05, 0) is 23.8 Å². The van der Waals surface area contributed by atoms with Crippen molar-refractivity contribution < 1.29 is 23.8 Å². The van der Waals surface area contributed by atoms with E-state index in [0.29, 0.717) is 16.9 Å². The van der Waals surface area contributed by atoms with E-state index in [0.717, 1.165) is 0 Å². The average molecular weight is 290 g/mol. The molecule has 0 unspecified atom stereocenters. The van der Waals surface area contributed by atoms with Gasteiger partial charge < -0.3 is 14.6 Å². The molecule has 0 heterocycles. The molecule has 0 aliphatic carbocycles. The summed E-state index contributed by atoms with van der Waals surface area (Å²) >= 11 is 0. The molecule has 0 aliphatic heterocycles. The Morgan fingerprint density at radius 3 is 2.62 bits per heavy atom. The highest BCUT2D eigenvalue weighted by molar-refractivity contribution is 5.71. The van der Waals surface area contributed by atoms with E-state index in [4.69, 9.17) is 14.6 Å². The number of rotatable bonds is 6. The zero-order chi connectivity index (χ0) is 15.2. The van der Waals surface area contributed by atoms with Gasteiger partial charge in [0, 0.05) is 5.56 Å². The summed E-state index contributed by atoms with van der Waals surface area (Å²) in [5, 5.41) is 8.85. The summed E-state index contributed by atoms with van der Waals surface area (Å²) < 4.78 is 24.0. The number of carboxylic acids is 1. The Morgan fingerprint density at radius 1 is 1.19 bits per heavy atom. The predicted molar refractivity (Wildman–Crippen MR) is 75.1 cm³/mol. The lowest BCUT2D eigenvalue weighted by molar-refractivity contribution is -0.136. The molecule has 2 aromatic carbocycles. The second-order valence-electron chi connectivity index (χ2n) is 4.44. The van der Waals surface area contributed by atoms with Crippen LogP contribution in [0, 0.1) is 5.82 Å². The number of para-hydroxylation sites is 1. The lowest BCUT2D eigenvalue weighted by Crippen LogP contribution is -2.04. The molecule has 1 N–H and O–H groups in total. The van der Waals surface area contributed by atoms with Gasteiger partial charge in [-0.3, -0.25) is 4.79 Å². The third-order valence-electron chi connectivity index (χ3n) is 2.92. The van der Waals surface area contributed by atoms with Gasteiger partial charge in [0.2, 0.25) is 0 Å². The van der Waals surface area contributed by atoms with Crippen molar-refractivity contribution in [2.24, 2.45) is 0 Å². The van der Waals surface area contributed by atoms with E-state index in [1.165, 1.54) is 19.2 Å². The molecule has 0 amide bonds. The maximum atomic E-state index is 13.6. The van der Waals surface area contributed by atoms with Crippen molar-refractivity contribution in [3.63, 3.8) is 0 Å². The minimum absolute atomic E-state index is 0.118. The Bertz CT molecular complexity index is 640. The zero-order valence-electron chi connectivity index (χ0n) is 11.5. The van der Waals surface area contributed by atoms with Crippen LogP contribution in [0.1, 0.15) is 11.1 Å². The number of carbonyl (C=O) groups is 1. The van der Waals surface area contributed by atoms with Crippen molar-refractivity contribution in [2.75, 3.05) is 7.11 Å². The van der Waals surface area contributed by atoms with E-state index in [-0.39, 0.29) is 18.8 Å². The van der Waals surface area contributed by atoms with Crippen molar-refractivity contribution in [2.45, 2.75) is 13.0 Å². The first-order valence-corrected chi connectivity index (χ1v) is 6.35. The third kappa shape index (κ3) is 3.95. The van der Waals surface area contributed by atoms with Gasteiger partial charge in [-0.2, -0.15) is 0 Å². The summed E-state index contributed by atoms with van der Waals surface area (Å²) in [7, 11) is 1.40. The second kappa shape index (κ2) is 6.74. The van der Waals surface area contributed by atoms with Gasteiger partial charge >= 0.3 is 5.97 Å². The van der Waals surface area contributed by atoms with Crippen molar-refractivity contribution in [3.05, 3.63) is 59.4 Å². The maximum absolute atomic E-state index is 13.6. The van der Waals surface area contributed by atoms with Crippen LogP contribution >= 0.6 is 0 Å². The van der Waals surface area contributed by atoms with Gasteiger partial charge in [0.15, 0.2) is 11.6 Å². The van der Waals surface area contributed by atoms with Crippen LogP contribution in [-0.2, 0) is 17.8 Å². The molecular formula is C16H15FO4. The molecule has 0 spiro atoms. The van der Waals surface area contributed by atoms with E-state index in [2.05, 4.69) is 0 Å². The van der Waals surface area contributed by atoms with Crippen LogP contribution in [0.3, 0.4) is 0 Å². The van der Waals surface area contributed by atoms with Gasteiger partial charge in [0.1, 0.15) is 12.4 Å². The fourth-order valence-corrected chi connectivity index (χ4v) is 1.91. The van der Waals surface area contributed by atoms with E-state index < -0.39 is 11.8 Å². The van der Waals surface area contributed by atoms with Crippen molar-refractivity contribution in [1.82, 2.24) is 0 Å². The molecule has 0 atom stereocenters. The Labute approximate surface area is 121 Å². The van der Waals surface area contributed by atoms with Crippen molar-refractivity contribution >= 4 is 5.97 Å². The maximum Gasteiger partial charge on any atom is 0.307 e. The summed E-state index contributed by atoms with van der Waals surface area (Å²) in [4.78, 5) is 10.8. The highest BCUT2D eigenvalue weighted by atomic mass is 19.1. The molecule has 0 aliphatic rings. The number of hydrogen-bond acceptors (Lipinski definition) is 3. The van der Waals surface area contributed by atoms with Crippen molar-refractivity contribution in [3.8, 4) is 11.5 Å². The van der Waals surface area contributed by atoms with Gasteiger partial charge in [0.25, 0.3) is 0 Å². The van der Waals surface area contributed by atoms with E-state index in [1.807, 2.05) is 0 Å². The fraction of sp³-hybridized carbons (Fsp3) is 0.188. The SMILES string of the molecule is COc1ccc(COc2ccccc2CC(=O)O)cc1F. The van der Waals surface area contributed by atoms with Crippen LogP contribution in [0.15, 0.2) is 42.5 Å². The minimum Gasteiger partial charge on any atom is -0.494 e. The molecule has 5 heteroatoms. The molecule has 0 fully saturated rings. The standard InChI is InChI=1S/C16H15FO4/c1-20-15-7-6-11(8-13(15)17)10-21-14-5-3-2-4-12(14)9-16(18)19/h2-8H,9-10H2,1H3,(H,18,19). The largest absolute Gasteiger partial charge is 0.494 e.